The molecule has 1 rings (SSSR count). The molecule has 1 aromatic carbocycles. The number of rotatable bonds is 9. The van der Waals surface area contributed by atoms with Gasteiger partial charge in [-0.05, 0) is 25.5 Å². The van der Waals surface area contributed by atoms with Gasteiger partial charge in [0.2, 0.25) is 5.91 Å². The number of aryl methyl sites for hydroxylation is 2. The van der Waals surface area contributed by atoms with Crippen LogP contribution in [0.15, 0.2) is 18.2 Å². The van der Waals surface area contributed by atoms with E-state index in [1.807, 2.05) is 44.4 Å². The average Bonchev–Trinajstić information content (AvgIpc) is 2.45. The van der Waals surface area contributed by atoms with E-state index in [2.05, 4.69) is 5.32 Å². The Morgan fingerprint density at radius 3 is 2.59 bits per heavy atom. The molecule has 0 saturated carbocycles. The van der Waals surface area contributed by atoms with Gasteiger partial charge in [0.1, 0.15) is 6.04 Å². The Hall–Kier alpha value is -1.92. The Morgan fingerprint density at radius 2 is 2.00 bits per heavy atom. The third kappa shape index (κ3) is 6.24. The largest absolute Gasteiger partial charge is 0.544 e. The van der Waals surface area contributed by atoms with Gasteiger partial charge in [-0.25, -0.2) is 0 Å². The van der Waals surface area contributed by atoms with Crippen LogP contribution in [0.5, 0.6) is 0 Å². The Morgan fingerprint density at radius 1 is 1.27 bits per heavy atom. The maximum absolute atomic E-state index is 12.0. The van der Waals surface area contributed by atoms with E-state index in [1.165, 1.54) is 0 Å². The summed E-state index contributed by atoms with van der Waals surface area (Å²) >= 11 is 0. The highest BCUT2D eigenvalue weighted by molar-refractivity contribution is 5.94. The first-order chi connectivity index (χ1) is 10.4. The Balaban J connectivity index is 2.54. The summed E-state index contributed by atoms with van der Waals surface area (Å²) in [5, 5.41) is 17.6. The zero-order valence-corrected chi connectivity index (χ0v) is 13.5. The van der Waals surface area contributed by atoms with Crippen molar-refractivity contribution < 1.29 is 25.3 Å². The number of carbonyl (C=O) groups excluding carboxylic acids is 2. The van der Waals surface area contributed by atoms with Gasteiger partial charge < -0.3 is 25.9 Å². The van der Waals surface area contributed by atoms with Crippen LogP contribution in [0.25, 0.3) is 0 Å². The molecular formula is C16H26N3O3+. The standard InChI is InChI=1S/C16H25N3O3/c1-11-5-6-13(12(2)9-11)19-15(20)10-14(16(21)22)18-8-4-7-17-3/h5-6,9,14,17-18H,4,7-8,10H2,1-3H3,(H,19,20)(H,21,22)/p+1/t14-/m1/s1. The highest BCUT2D eigenvalue weighted by Crippen LogP contribution is 2.16. The number of anilines is 1. The third-order valence-electron chi connectivity index (χ3n) is 3.51. The van der Waals surface area contributed by atoms with Gasteiger partial charge in [0, 0.05) is 12.1 Å². The van der Waals surface area contributed by atoms with Gasteiger partial charge in [0.25, 0.3) is 0 Å². The molecule has 0 aliphatic carbocycles. The highest BCUT2D eigenvalue weighted by Gasteiger charge is 2.18. The van der Waals surface area contributed by atoms with Crippen LogP contribution >= 0.6 is 0 Å². The summed E-state index contributed by atoms with van der Waals surface area (Å²) in [6.07, 6.45) is 0.796. The number of benzene rings is 1. The van der Waals surface area contributed by atoms with Gasteiger partial charge in [0.05, 0.1) is 32.5 Å². The summed E-state index contributed by atoms with van der Waals surface area (Å²) in [4.78, 5) is 23.2. The Kier molecular flexibility index (Phi) is 7.56. The zero-order chi connectivity index (χ0) is 16.5. The van der Waals surface area contributed by atoms with E-state index in [4.69, 9.17) is 0 Å². The lowest BCUT2D eigenvalue weighted by Gasteiger charge is -2.16. The van der Waals surface area contributed by atoms with Crippen LogP contribution in [0.2, 0.25) is 0 Å². The van der Waals surface area contributed by atoms with Gasteiger partial charge in [-0.1, -0.05) is 17.7 Å². The van der Waals surface area contributed by atoms with Gasteiger partial charge in [-0.3, -0.25) is 4.79 Å². The molecule has 0 aromatic heterocycles. The summed E-state index contributed by atoms with van der Waals surface area (Å²) in [6.45, 7) is 5.49. The van der Waals surface area contributed by atoms with Crippen molar-refractivity contribution in [2.75, 3.05) is 25.5 Å². The van der Waals surface area contributed by atoms with Crippen LogP contribution in [-0.2, 0) is 9.59 Å². The monoisotopic (exact) mass is 308 g/mol. The molecule has 0 unspecified atom stereocenters. The number of nitrogens with one attached hydrogen (secondary N) is 1. The maximum Gasteiger partial charge on any atom is 0.230 e. The fourth-order valence-electron chi connectivity index (χ4n) is 2.26. The van der Waals surface area contributed by atoms with Crippen molar-refractivity contribution in [2.45, 2.75) is 32.7 Å². The summed E-state index contributed by atoms with van der Waals surface area (Å²) in [6, 6.07) is 4.87. The zero-order valence-electron chi connectivity index (χ0n) is 13.5. The van der Waals surface area contributed by atoms with E-state index >= 15 is 0 Å². The smallest absolute Gasteiger partial charge is 0.230 e. The second-order valence-electron chi connectivity index (χ2n) is 5.57. The molecular weight excluding hydrogens is 282 g/mol. The van der Waals surface area contributed by atoms with Crippen LogP contribution in [0.3, 0.4) is 0 Å². The average molecular weight is 308 g/mol. The number of amides is 1. The molecule has 0 saturated heterocycles. The second kappa shape index (κ2) is 9.17. The number of nitrogens with two attached hydrogens (primary N) is 2. The molecule has 0 aliphatic heterocycles. The first-order valence-electron chi connectivity index (χ1n) is 7.63. The van der Waals surface area contributed by atoms with Crippen LogP contribution in [-0.4, -0.2) is 38.1 Å². The van der Waals surface area contributed by atoms with Gasteiger partial charge in [0.15, 0.2) is 0 Å². The van der Waals surface area contributed by atoms with E-state index < -0.39 is 12.0 Å². The maximum atomic E-state index is 12.0. The van der Waals surface area contributed by atoms with E-state index in [9.17, 15) is 14.7 Å². The number of hydrogen-bond acceptors (Lipinski definition) is 3. The molecule has 0 aliphatic rings. The van der Waals surface area contributed by atoms with Crippen molar-refractivity contribution in [1.29, 1.82) is 0 Å². The number of aliphatic carboxylic acids is 1. The molecule has 1 atom stereocenters. The molecule has 6 nitrogen and oxygen atoms in total. The molecule has 122 valence electrons. The number of carboxylic acids is 1. The Labute approximate surface area is 131 Å². The lowest BCUT2D eigenvalue weighted by Crippen LogP contribution is -2.94. The Bertz CT molecular complexity index is 517. The molecule has 1 aromatic rings. The number of hydrogen-bond donors (Lipinski definition) is 3. The molecule has 0 fully saturated rings. The van der Waals surface area contributed by atoms with Crippen LogP contribution in [0.1, 0.15) is 24.0 Å². The minimum absolute atomic E-state index is 0.0918. The van der Waals surface area contributed by atoms with Crippen LogP contribution in [0, 0.1) is 13.8 Å². The van der Waals surface area contributed by atoms with Crippen LogP contribution < -0.4 is 21.1 Å². The molecule has 0 heterocycles. The molecule has 0 bridgehead atoms. The molecule has 5 N–H and O–H groups in total. The van der Waals surface area contributed by atoms with Crippen LogP contribution in [0.4, 0.5) is 5.69 Å². The lowest BCUT2D eigenvalue weighted by molar-refractivity contribution is -0.692. The molecule has 0 spiro atoms. The van der Waals surface area contributed by atoms with E-state index in [1.54, 1.807) is 5.32 Å². The summed E-state index contributed by atoms with van der Waals surface area (Å²) in [5.74, 6) is -1.50. The lowest BCUT2D eigenvalue weighted by atomic mass is 10.1. The summed E-state index contributed by atoms with van der Waals surface area (Å²) in [5.41, 5.74) is 2.79. The van der Waals surface area contributed by atoms with Crippen molar-refractivity contribution >= 4 is 17.6 Å². The van der Waals surface area contributed by atoms with Crippen molar-refractivity contribution in [3.8, 4) is 0 Å². The van der Waals surface area contributed by atoms with Crippen molar-refractivity contribution in [3.63, 3.8) is 0 Å². The van der Waals surface area contributed by atoms with Crippen molar-refractivity contribution in [1.82, 2.24) is 0 Å². The predicted octanol–water partition coefficient (Wildman–Crippen LogP) is -2.10. The second-order valence-corrected chi connectivity index (χ2v) is 5.57. The number of carbonyl (C=O) groups is 2. The molecule has 0 radical (unpaired) electrons. The van der Waals surface area contributed by atoms with Gasteiger partial charge in [-0.2, -0.15) is 0 Å². The van der Waals surface area contributed by atoms with E-state index in [0.29, 0.717) is 12.2 Å². The molecule has 6 heteroatoms. The van der Waals surface area contributed by atoms with E-state index in [-0.39, 0.29) is 12.3 Å². The SMILES string of the molecule is C[NH2+]CCC[NH2+][C@H](CC(=O)Nc1ccc(C)cc1C)C(=O)[O-]. The minimum Gasteiger partial charge on any atom is -0.544 e. The normalized spacial score (nSPS) is 12.0. The predicted molar refractivity (Wildman–Crippen MR) is 82.1 cm³/mol. The minimum atomic E-state index is -1.20. The fraction of sp³-hybridized carbons (Fsp3) is 0.500. The molecule has 1 amide bonds. The topological polar surface area (TPSA) is 102 Å². The first kappa shape index (κ1) is 18.1. The van der Waals surface area contributed by atoms with Crippen molar-refractivity contribution in [3.05, 3.63) is 29.3 Å². The van der Waals surface area contributed by atoms with Gasteiger partial charge >= 0.3 is 0 Å². The summed E-state index contributed by atoms with van der Waals surface area (Å²) in [7, 11) is 1.97. The third-order valence-corrected chi connectivity index (χ3v) is 3.51. The van der Waals surface area contributed by atoms with Gasteiger partial charge in [-0.15, -0.1) is 0 Å². The fourth-order valence-corrected chi connectivity index (χ4v) is 2.26. The van der Waals surface area contributed by atoms with E-state index in [0.717, 1.165) is 24.1 Å². The highest BCUT2D eigenvalue weighted by atomic mass is 16.4. The quantitative estimate of drug-likeness (QED) is 0.455. The number of quaternary nitrogens is 2. The van der Waals surface area contributed by atoms with Crippen molar-refractivity contribution in [2.24, 2.45) is 0 Å². The first-order valence-corrected chi connectivity index (χ1v) is 7.63. The summed E-state index contributed by atoms with van der Waals surface area (Å²) < 4.78 is 0. The number of carboxylic acid groups (broad SMARTS) is 1. The molecule has 22 heavy (non-hydrogen) atoms.